The van der Waals surface area contributed by atoms with E-state index in [1.807, 2.05) is 13.8 Å². The van der Waals surface area contributed by atoms with E-state index in [0.717, 1.165) is 12.8 Å². The second-order valence-corrected chi connectivity index (χ2v) is 5.15. The molecule has 1 amide bonds. The van der Waals surface area contributed by atoms with Crippen molar-refractivity contribution in [3.05, 3.63) is 0 Å². The molecule has 0 bridgehead atoms. The maximum atomic E-state index is 11.6. The van der Waals surface area contributed by atoms with Gasteiger partial charge in [-0.15, -0.1) is 0 Å². The van der Waals surface area contributed by atoms with Crippen LogP contribution in [0.25, 0.3) is 0 Å². The predicted molar refractivity (Wildman–Crippen MR) is 64.0 cm³/mol. The van der Waals surface area contributed by atoms with Crippen LogP contribution >= 0.6 is 0 Å². The molecule has 92 valence electrons. The van der Waals surface area contributed by atoms with Gasteiger partial charge in [-0.2, -0.15) is 0 Å². The number of ketones is 1. The van der Waals surface area contributed by atoms with E-state index >= 15 is 0 Å². The van der Waals surface area contributed by atoms with Crippen LogP contribution in [0.3, 0.4) is 0 Å². The Morgan fingerprint density at radius 2 is 1.69 bits per heavy atom. The molecule has 1 saturated carbocycles. The summed E-state index contributed by atoms with van der Waals surface area (Å²) >= 11 is 0. The van der Waals surface area contributed by atoms with E-state index in [1.165, 1.54) is 19.3 Å². The van der Waals surface area contributed by atoms with Gasteiger partial charge in [-0.25, -0.2) is 0 Å². The Labute approximate surface area is 98.0 Å². The standard InChI is InChI=1S/C13H23NO2/c1-9(2)13(16)14-12(10(3)15)11-7-5-4-6-8-11/h9,11-12H,4-8H2,1-3H3,(H,14,16)/t12-/m1/s1. The van der Waals surface area contributed by atoms with E-state index in [9.17, 15) is 9.59 Å². The number of amides is 1. The van der Waals surface area contributed by atoms with Crippen molar-refractivity contribution < 1.29 is 9.59 Å². The molecule has 0 aromatic carbocycles. The second-order valence-electron chi connectivity index (χ2n) is 5.15. The first kappa shape index (κ1) is 13.2. The van der Waals surface area contributed by atoms with E-state index in [0.29, 0.717) is 5.92 Å². The van der Waals surface area contributed by atoms with Gasteiger partial charge < -0.3 is 5.32 Å². The van der Waals surface area contributed by atoms with Gasteiger partial charge in [0.05, 0.1) is 6.04 Å². The van der Waals surface area contributed by atoms with Gasteiger partial charge in [0.1, 0.15) is 0 Å². The van der Waals surface area contributed by atoms with E-state index in [2.05, 4.69) is 5.32 Å². The van der Waals surface area contributed by atoms with Crippen molar-refractivity contribution in [3.63, 3.8) is 0 Å². The first-order valence-electron chi connectivity index (χ1n) is 6.33. The summed E-state index contributed by atoms with van der Waals surface area (Å²) in [6.45, 7) is 5.29. The van der Waals surface area contributed by atoms with Crippen LogP contribution in [0.1, 0.15) is 52.9 Å². The van der Waals surface area contributed by atoms with Crippen molar-refractivity contribution in [3.8, 4) is 0 Å². The summed E-state index contributed by atoms with van der Waals surface area (Å²) in [5.74, 6) is 0.395. The van der Waals surface area contributed by atoms with Crippen LogP contribution in [0.4, 0.5) is 0 Å². The lowest BCUT2D eigenvalue weighted by molar-refractivity contribution is -0.130. The van der Waals surface area contributed by atoms with Crippen molar-refractivity contribution in [2.24, 2.45) is 11.8 Å². The number of rotatable bonds is 4. The summed E-state index contributed by atoms with van der Waals surface area (Å²) in [5.41, 5.74) is 0. The molecular weight excluding hydrogens is 202 g/mol. The monoisotopic (exact) mass is 225 g/mol. The fourth-order valence-corrected chi connectivity index (χ4v) is 2.34. The lowest BCUT2D eigenvalue weighted by Gasteiger charge is -2.29. The van der Waals surface area contributed by atoms with E-state index in [1.54, 1.807) is 6.92 Å². The van der Waals surface area contributed by atoms with Crippen molar-refractivity contribution in [2.75, 3.05) is 0 Å². The zero-order valence-corrected chi connectivity index (χ0v) is 10.6. The maximum absolute atomic E-state index is 11.6. The predicted octanol–water partition coefficient (Wildman–Crippen LogP) is 2.30. The highest BCUT2D eigenvalue weighted by atomic mass is 16.2. The van der Waals surface area contributed by atoms with Gasteiger partial charge in [0, 0.05) is 5.92 Å². The Bertz CT molecular complexity index is 255. The zero-order valence-electron chi connectivity index (χ0n) is 10.6. The van der Waals surface area contributed by atoms with E-state index in [-0.39, 0.29) is 23.7 Å². The third-order valence-electron chi connectivity index (χ3n) is 3.38. The lowest BCUT2D eigenvalue weighted by atomic mass is 9.82. The van der Waals surface area contributed by atoms with Crippen LogP contribution in [0.15, 0.2) is 0 Å². The van der Waals surface area contributed by atoms with Crippen LogP contribution in [-0.2, 0) is 9.59 Å². The number of hydrogen-bond donors (Lipinski definition) is 1. The molecule has 3 nitrogen and oxygen atoms in total. The first-order chi connectivity index (χ1) is 7.52. The summed E-state index contributed by atoms with van der Waals surface area (Å²) in [5, 5.41) is 2.90. The molecule has 0 radical (unpaired) electrons. The van der Waals surface area contributed by atoms with Crippen LogP contribution in [0, 0.1) is 11.8 Å². The average Bonchev–Trinajstić information content (AvgIpc) is 2.26. The fraction of sp³-hybridized carbons (Fsp3) is 0.846. The van der Waals surface area contributed by atoms with Crippen LogP contribution < -0.4 is 5.32 Å². The molecule has 1 N–H and O–H groups in total. The average molecular weight is 225 g/mol. The largest absolute Gasteiger partial charge is 0.346 e. The molecule has 16 heavy (non-hydrogen) atoms. The van der Waals surface area contributed by atoms with Crippen LogP contribution in [-0.4, -0.2) is 17.7 Å². The van der Waals surface area contributed by atoms with Crippen molar-refractivity contribution in [2.45, 2.75) is 58.9 Å². The van der Waals surface area contributed by atoms with Crippen LogP contribution in [0.5, 0.6) is 0 Å². The number of carbonyl (C=O) groups excluding carboxylic acids is 2. The second kappa shape index (κ2) is 6.02. The molecule has 0 unspecified atom stereocenters. The topological polar surface area (TPSA) is 46.2 Å². The quantitative estimate of drug-likeness (QED) is 0.798. The number of carbonyl (C=O) groups is 2. The summed E-state index contributed by atoms with van der Waals surface area (Å²) in [6.07, 6.45) is 5.78. The molecule has 1 aliphatic carbocycles. The molecule has 1 aliphatic rings. The third-order valence-corrected chi connectivity index (χ3v) is 3.38. The molecule has 0 aromatic rings. The van der Waals surface area contributed by atoms with E-state index < -0.39 is 0 Å². The molecule has 1 rings (SSSR count). The Morgan fingerprint density at radius 1 is 1.12 bits per heavy atom. The summed E-state index contributed by atoms with van der Waals surface area (Å²) in [6, 6.07) is -0.254. The molecule has 0 saturated heterocycles. The van der Waals surface area contributed by atoms with Crippen LogP contribution in [0.2, 0.25) is 0 Å². The Hall–Kier alpha value is -0.860. The Balaban J connectivity index is 2.59. The van der Waals surface area contributed by atoms with Crippen molar-refractivity contribution in [1.29, 1.82) is 0 Å². The Morgan fingerprint density at radius 3 is 2.12 bits per heavy atom. The van der Waals surface area contributed by atoms with Gasteiger partial charge in [-0.05, 0) is 25.7 Å². The molecule has 0 spiro atoms. The zero-order chi connectivity index (χ0) is 12.1. The Kier molecular flexibility index (Phi) is 4.97. The smallest absolute Gasteiger partial charge is 0.223 e. The minimum absolute atomic E-state index is 0.00854. The summed E-state index contributed by atoms with van der Waals surface area (Å²) < 4.78 is 0. The first-order valence-corrected chi connectivity index (χ1v) is 6.33. The van der Waals surface area contributed by atoms with Gasteiger partial charge in [0.15, 0.2) is 5.78 Å². The lowest BCUT2D eigenvalue weighted by Crippen LogP contribution is -2.47. The number of nitrogens with one attached hydrogen (secondary N) is 1. The molecular formula is C13H23NO2. The fourth-order valence-electron chi connectivity index (χ4n) is 2.34. The summed E-state index contributed by atoms with van der Waals surface area (Å²) in [7, 11) is 0. The third kappa shape index (κ3) is 3.62. The molecule has 1 atom stereocenters. The minimum atomic E-state index is -0.254. The molecule has 0 aromatic heterocycles. The maximum Gasteiger partial charge on any atom is 0.223 e. The minimum Gasteiger partial charge on any atom is -0.346 e. The van der Waals surface area contributed by atoms with Gasteiger partial charge in [0.25, 0.3) is 0 Å². The van der Waals surface area contributed by atoms with Gasteiger partial charge in [-0.3, -0.25) is 9.59 Å². The highest BCUT2D eigenvalue weighted by Crippen LogP contribution is 2.27. The van der Waals surface area contributed by atoms with Gasteiger partial charge >= 0.3 is 0 Å². The highest BCUT2D eigenvalue weighted by molar-refractivity contribution is 5.88. The molecule has 1 fully saturated rings. The number of hydrogen-bond acceptors (Lipinski definition) is 2. The number of Topliss-reactive ketones (excluding diaryl/α,β-unsaturated/α-hetero) is 1. The van der Waals surface area contributed by atoms with Gasteiger partial charge in [0.2, 0.25) is 5.91 Å². The normalized spacial score (nSPS) is 19.5. The molecule has 3 heteroatoms. The molecule has 0 aliphatic heterocycles. The van der Waals surface area contributed by atoms with Gasteiger partial charge in [-0.1, -0.05) is 33.1 Å². The van der Waals surface area contributed by atoms with Crippen molar-refractivity contribution >= 4 is 11.7 Å². The van der Waals surface area contributed by atoms with E-state index in [4.69, 9.17) is 0 Å². The molecule has 0 heterocycles. The highest BCUT2D eigenvalue weighted by Gasteiger charge is 2.28. The summed E-state index contributed by atoms with van der Waals surface area (Å²) in [4.78, 5) is 23.2. The SMILES string of the molecule is CC(=O)[C@@H](NC(=O)C(C)C)C1CCCCC1. The van der Waals surface area contributed by atoms with Crippen molar-refractivity contribution in [1.82, 2.24) is 5.32 Å².